The van der Waals surface area contributed by atoms with Crippen LogP contribution in [0.4, 0.5) is 0 Å². The zero-order valence-electron chi connectivity index (χ0n) is 21.7. The molecule has 3 aliphatic heterocycles. The zero-order valence-corrected chi connectivity index (χ0v) is 21.7. The minimum atomic E-state index is -1.76. The Hall–Kier alpha value is -1.62. The smallest absolute Gasteiger partial charge is 0.217 e. The molecule has 0 saturated carbocycles. The fraction of sp³-hybridized carbons (Fsp3) is 0.909. The van der Waals surface area contributed by atoms with E-state index in [1.807, 2.05) is 0 Å². The molecule has 40 heavy (non-hydrogen) atoms. The van der Waals surface area contributed by atoms with Crippen molar-refractivity contribution in [3.05, 3.63) is 0 Å². The van der Waals surface area contributed by atoms with Gasteiger partial charge in [-0.3, -0.25) is 9.59 Å². The predicted octanol–water partition coefficient (Wildman–Crippen LogP) is -7.29. The van der Waals surface area contributed by atoms with Crippen LogP contribution in [0, 0.1) is 0 Å². The van der Waals surface area contributed by atoms with Crippen molar-refractivity contribution in [1.82, 2.24) is 10.6 Å². The minimum absolute atomic E-state index is 0.617. The molecule has 0 aromatic heterocycles. The van der Waals surface area contributed by atoms with Gasteiger partial charge in [0, 0.05) is 13.8 Å². The molecule has 3 aliphatic rings. The second-order valence-electron chi connectivity index (χ2n) is 9.85. The van der Waals surface area contributed by atoms with Gasteiger partial charge in [-0.25, -0.2) is 0 Å². The first kappa shape index (κ1) is 32.9. The van der Waals surface area contributed by atoms with Crippen LogP contribution in [0.15, 0.2) is 0 Å². The average molecular weight is 587 g/mol. The number of nitrogens with one attached hydrogen (secondary N) is 2. The molecule has 0 spiro atoms. The Kier molecular flexibility index (Phi) is 11.5. The highest BCUT2D eigenvalue weighted by Gasteiger charge is 2.52. The molecule has 3 saturated heterocycles. The summed E-state index contributed by atoms with van der Waals surface area (Å²) < 4.78 is 27.4. The maximum Gasteiger partial charge on any atom is 0.217 e. The molecule has 15 atom stereocenters. The number of amides is 2. The van der Waals surface area contributed by atoms with Crippen molar-refractivity contribution in [3.8, 4) is 0 Å². The summed E-state index contributed by atoms with van der Waals surface area (Å²) in [6.07, 6.45) is -20.8. The maximum atomic E-state index is 11.8. The van der Waals surface area contributed by atoms with Crippen molar-refractivity contribution in [3.63, 3.8) is 0 Å². The second kappa shape index (κ2) is 14.0. The zero-order chi connectivity index (χ0) is 29.9. The van der Waals surface area contributed by atoms with Gasteiger partial charge >= 0.3 is 0 Å². The monoisotopic (exact) mass is 586 g/mol. The molecule has 3 fully saturated rings. The van der Waals surface area contributed by atoms with Crippen molar-refractivity contribution in [1.29, 1.82) is 0 Å². The Morgan fingerprint density at radius 2 is 1.20 bits per heavy atom. The van der Waals surface area contributed by atoms with E-state index in [0.29, 0.717) is 0 Å². The van der Waals surface area contributed by atoms with Crippen molar-refractivity contribution in [2.45, 2.75) is 106 Å². The number of aliphatic hydroxyl groups is 9. The van der Waals surface area contributed by atoms with Crippen LogP contribution in [0.5, 0.6) is 0 Å². The third-order valence-electron chi connectivity index (χ3n) is 6.88. The summed E-state index contributed by atoms with van der Waals surface area (Å²) in [6, 6.07) is -2.83. The maximum absolute atomic E-state index is 11.8. The van der Waals surface area contributed by atoms with E-state index in [0.717, 1.165) is 13.8 Å². The molecule has 3 heterocycles. The summed E-state index contributed by atoms with van der Waals surface area (Å²) in [6.45, 7) is 0.142. The first-order chi connectivity index (χ1) is 18.8. The Balaban J connectivity index is 1.79. The average Bonchev–Trinajstić information content (AvgIpc) is 2.90. The SMILES string of the molecule is CC(=O)N[C@@H]1[C@@H](O)[C@H](O[C@@H]2O[C@H](CO[C@H]3O[C@H](CO)[C@@H](O)[C@H](O)[C@@H]3O)[C@@H](O)[C@H](O)[C@H]2NC(C)=O)[C@@H](CO)O[C@@H]1O. The van der Waals surface area contributed by atoms with E-state index in [4.69, 9.17) is 23.7 Å². The lowest BCUT2D eigenvalue weighted by Gasteiger charge is -2.47. The Bertz CT molecular complexity index is 852. The Morgan fingerprint density at radius 3 is 1.77 bits per heavy atom. The topological polar surface area (TPSA) is 286 Å². The lowest BCUT2D eigenvalue weighted by atomic mass is 9.94. The summed E-state index contributed by atoms with van der Waals surface area (Å²) >= 11 is 0. The van der Waals surface area contributed by atoms with E-state index in [1.54, 1.807) is 0 Å². The van der Waals surface area contributed by atoms with Crippen molar-refractivity contribution < 1.29 is 79.2 Å². The molecule has 232 valence electrons. The van der Waals surface area contributed by atoms with Crippen LogP contribution < -0.4 is 10.6 Å². The Labute approximate surface area is 228 Å². The van der Waals surface area contributed by atoms with Crippen LogP contribution in [0.3, 0.4) is 0 Å². The molecule has 0 bridgehead atoms. The van der Waals surface area contributed by atoms with Gasteiger partial charge in [-0.2, -0.15) is 0 Å². The van der Waals surface area contributed by atoms with Crippen LogP contribution in [0.1, 0.15) is 13.8 Å². The highest BCUT2D eigenvalue weighted by Crippen LogP contribution is 2.30. The summed E-state index contributed by atoms with van der Waals surface area (Å²) in [5.41, 5.74) is 0. The van der Waals surface area contributed by atoms with Gasteiger partial charge in [0.15, 0.2) is 18.9 Å². The predicted molar refractivity (Wildman–Crippen MR) is 124 cm³/mol. The minimum Gasteiger partial charge on any atom is -0.394 e. The highest BCUT2D eigenvalue weighted by molar-refractivity contribution is 5.73. The molecular formula is C22H38N2O16. The number of hydrogen-bond donors (Lipinski definition) is 11. The molecular weight excluding hydrogens is 548 g/mol. The number of aliphatic hydroxyl groups excluding tert-OH is 9. The van der Waals surface area contributed by atoms with Gasteiger partial charge in [0.2, 0.25) is 11.8 Å². The summed E-state index contributed by atoms with van der Waals surface area (Å²) in [5.74, 6) is -1.28. The quantitative estimate of drug-likeness (QED) is 0.120. The molecule has 2 amide bonds. The fourth-order valence-electron chi connectivity index (χ4n) is 4.76. The molecule has 3 rings (SSSR count). The number of carbonyl (C=O) groups excluding carboxylic acids is 2. The van der Waals surface area contributed by atoms with E-state index < -0.39 is 124 Å². The molecule has 0 radical (unpaired) electrons. The van der Waals surface area contributed by atoms with Gasteiger partial charge in [-0.1, -0.05) is 0 Å². The molecule has 11 N–H and O–H groups in total. The van der Waals surface area contributed by atoms with Crippen LogP contribution in [0.25, 0.3) is 0 Å². The van der Waals surface area contributed by atoms with E-state index in [1.165, 1.54) is 0 Å². The molecule has 0 aromatic rings. The largest absolute Gasteiger partial charge is 0.394 e. The number of ether oxygens (including phenoxy) is 5. The lowest BCUT2D eigenvalue weighted by Crippen LogP contribution is -2.69. The van der Waals surface area contributed by atoms with Crippen molar-refractivity contribution >= 4 is 11.8 Å². The van der Waals surface area contributed by atoms with E-state index in [2.05, 4.69) is 10.6 Å². The first-order valence-electron chi connectivity index (χ1n) is 12.6. The normalized spacial score (nSPS) is 46.0. The first-order valence-corrected chi connectivity index (χ1v) is 12.6. The third kappa shape index (κ3) is 7.23. The van der Waals surface area contributed by atoms with E-state index in [-0.39, 0.29) is 0 Å². The highest BCUT2D eigenvalue weighted by atomic mass is 16.7. The third-order valence-corrected chi connectivity index (χ3v) is 6.88. The van der Waals surface area contributed by atoms with E-state index >= 15 is 0 Å². The van der Waals surface area contributed by atoms with Crippen LogP contribution in [0.2, 0.25) is 0 Å². The summed E-state index contributed by atoms with van der Waals surface area (Å²) in [7, 11) is 0. The molecule has 18 nitrogen and oxygen atoms in total. The fourth-order valence-corrected chi connectivity index (χ4v) is 4.76. The van der Waals surface area contributed by atoms with Gasteiger partial charge in [0.1, 0.15) is 73.1 Å². The Morgan fingerprint density at radius 1 is 0.650 bits per heavy atom. The molecule has 0 aromatic carbocycles. The number of rotatable bonds is 9. The van der Waals surface area contributed by atoms with Gasteiger partial charge < -0.3 is 80.3 Å². The van der Waals surface area contributed by atoms with Gasteiger partial charge in [0.05, 0.1) is 19.8 Å². The van der Waals surface area contributed by atoms with E-state index in [9.17, 15) is 55.5 Å². The number of carbonyl (C=O) groups is 2. The van der Waals surface area contributed by atoms with Gasteiger partial charge in [-0.15, -0.1) is 0 Å². The second-order valence-corrected chi connectivity index (χ2v) is 9.85. The summed E-state index contributed by atoms with van der Waals surface area (Å²) in [5, 5.41) is 96.3. The lowest BCUT2D eigenvalue weighted by molar-refractivity contribution is -0.340. The molecule has 0 aliphatic carbocycles. The van der Waals surface area contributed by atoms with Crippen molar-refractivity contribution in [2.75, 3.05) is 19.8 Å². The molecule has 0 unspecified atom stereocenters. The van der Waals surface area contributed by atoms with Gasteiger partial charge in [-0.05, 0) is 0 Å². The van der Waals surface area contributed by atoms with Crippen LogP contribution in [-0.2, 0) is 33.3 Å². The van der Waals surface area contributed by atoms with Crippen molar-refractivity contribution in [2.24, 2.45) is 0 Å². The van der Waals surface area contributed by atoms with Gasteiger partial charge in [0.25, 0.3) is 0 Å². The van der Waals surface area contributed by atoms with Crippen LogP contribution in [-0.4, -0.2) is 170 Å². The molecule has 18 heteroatoms. The van der Waals surface area contributed by atoms with Crippen LogP contribution >= 0.6 is 0 Å². The number of hydrogen-bond acceptors (Lipinski definition) is 16. The summed E-state index contributed by atoms with van der Waals surface area (Å²) in [4.78, 5) is 23.4. The standard InChI is InChI=1S/C22H38N2O16/c1-6(27)23-11-16(32)19(9(4-26)37-20(11)35)40-21-12(24-7(2)28)15(31)14(30)10(39-21)5-36-22-18(34)17(33)13(29)8(3-25)38-22/h8-22,25-26,29-35H,3-5H2,1-2H3,(H,23,27)(H,24,28)/t8-,9-,10-,11-,12-,13-,14-,15-,16-,17+,18+,19-,20+,21+,22+/m1/s1.